The molecule has 1 aromatic heterocycles. The number of aromatic nitrogens is 2. The Morgan fingerprint density at radius 2 is 2.06 bits per heavy atom. The minimum absolute atomic E-state index is 0.585. The summed E-state index contributed by atoms with van der Waals surface area (Å²) < 4.78 is 2.10. The third-order valence-corrected chi connectivity index (χ3v) is 2.75. The van der Waals surface area contributed by atoms with Gasteiger partial charge in [0.15, 0.2) is 0 Å². The largest absolute Gasteiger partial charge is 0.333 e. The lowest BCUT2D eigenvalue weighted by Gasteiger charge is -2.10. The fraction of sp³-hybridized carbons (Fsp3) is 0.357. The number of nitrogens with zero attached hydrogens (tertiary/aromatic N) is 2. The second-order valence-corrected chi connectivity index (χ2v) is 4.64. The molecule has 0 fully saturated rings. The van der Waals surface area contributed by atoms with Crippen molar-refractivity contribution in [2.24, 2.45) is 0 Å². The maximum absolute atomic E-state index is 4.06. The summed E-state index contributed by atoms with van der Waals surface area (Å²) in [5, 5.41) is 0. The summed E-state index contributed by atoms with van der Waals surface area (Å²) >= 11 is 0. The molecule has 0 bridgehead atoms. The predicted octanol–water partition coefficient (Wildman–Crippen LogP) is 3.36. The normalized spacial score (nSPS) is 11.0. The van der Waals surface area contributed by atoms with Crippen molar-refractivity contribution in [2.45, 2.75) is 33.2 Å². The van der Waals surface area contributed by atoms with Gasteiger partial charge >= 0.3 is 0 Å². The Balaban J connectivity index is 2.27. The van der Waals surface area contributed by atoms with Crippen molar-refractivity contribution < 1.29 is 0 Å². The van der Waals surface area contributed by atoms with E-state index in [0.29, 0.717) is 5.92 Å². The summed E-state index contributed by atoms with van der Waals surface area (Å²) in [5.41, 5.74) is 4.10. The van der Waals surface area contributed by atoms with Gasteiger partial charge in [0.05, 0.1) is 6.33 Å². The number of rotatable bonds is 3. The van der Waals surface area contributed by atoms with Crippen LogP contribution in [0.5, 0.6) is 0 Å². The molecule has 0 saturated heterocycles. The van der Waals surface area contributed by atoms with E-state index < -0.39 is 0 Å². The maximum Gasteiger partial charge on any atom is 0.0949 e. The van der Waals surface area contributed by atoms with Crippen LogP contribution >= 0.6 is 0 Å². The molecule has 0 spiro atoms. The van der Waals surface area contributed by atoms with Crippen LogP contribution in [0, 0.1) is 6.92 Å². The molecule has 0 radical (unpaired) electrons. The van der Waals surface area contributed by atoms with Crippen LogP contribution in [0.2, 0.25) is 0 Å². The number of benzene rings is 1. The lowest BCUT2D eigenvalue weighted by Crippen LogP contribution is -1.99. The van der Waals surface area contributed by atoms with Gasteiger partial charge in [-0.05, 0) is 24.0 Å². The molecule has 2 nitrogen and oxygen atoms in total. The molecule has 2 heteroatoms. The zero-order valence-electron chi connectivity index (χ0n) is 10.1. The van der Waals surface area contributed by atoms with Crippen molar-refractivity contribution in [3.05, 3.63) is 53.6 Å². The summed E-state index contributed by atoms with van der Waals surface area (Å²) in [6.45, 7) is 7.52. The highest BCUT2D eigenvalue weighted by molar-refractivity contribution is 5.31. The predicted molar refractivity (Wildman–Crippen MR) is 66.6 cm³/mol. The molecule has 0 saturated carbocycles. The summed E-state index contributed by atoms with van der Waals surface area (Å²) in [6, 6.07) is 6.80. The van der Waals surface area contributed by atoms with Crippen molar-refractivity contribution in [1.29, 1.82) is 0 Å². The van der Waals surface area contributed by atoms with Gasteiger partial charge in [-0.25, -0.2) is 4.98 Å². The molecule has 0 atom stereocenters. The van der Waals surface area contributed by atoms with E-state index in [9.17, 15) is 0 Å². The molecule has 0 aliphatic carbocycles. The molecular weight excluding hydrogens is 196 g/mol. The fourth-order valence-corrected chi connectivity index (χ4v) is 1.91. The average Bonchev–Trinajstić information content (AvgIpc) is 2.69. The number of aryl methyl sites for hydroxylation is 1. The zero-order valence-corrected chi connectivity index (χ0v) is 10.1. The highest BCUT2D eigenvalue weighted by Crippen LogP contribution is 2.18. The Kier molecular flexibility index (Phi) is 3.09. The van der Waals surface area contributed by atoms with E-state index in [1.165, 1.54) is 16.7 Å². The van der Waals surface area contributed by atoms with Gasteiger partial charge in [0.25, 0.3) is 0 Å². The van der Waals surface area contributed by atoms with Crippen molar-refractivity contribution in [3.63, 3.8) is 0 Å². The monoisotopic (exact) mass is 214 g/mol. The van der Waals surface area contributed by atoms with Gasteiger partial charge in [-0.2, -0.15) is 0 Å². The van der Waals surface area contributed by atoms with Gasteiger partial charge in [-0.1, -0.05) is 37.6 Å². The Morgan fingerprint density at radius 3 is 2.69 bits per heavy atom. The van der Waals surface area contributed by atoms with E-state index in [0.717, 1.165) is 6.54 Å². The Bertz CT molecular complexity index is 456. The van der Waals surface area contributed by atoms with Gasteiger partial charge in [-0.15, -0.1) is 0 Å². The van der Waals surface area contributed by atoms with E-state index in [2.05, 4.69) is 48.5 Å². The van der Waals surface area contributed by atoms with E-state index in [4.69, 9.17) is 0 Å². The lowest BCUT2D eigenvalue weighted by molar-refractivity contribution is 0.788. The van der Waals surface area contributed by atoms with Gasteiger partial charge in [0.2, 0.25) is 0 Å². The van der Waals surface area contributed by atoms with Crippen molar-refractivity contribution in [3.8, 4) is 0 Å². The van der Waals surface area contributed by atoms with E-state index in [1.807, 2.05) is 18.7 Å². The van der Waals surface area contributed by atoms with E-state index in [-0.39, 0.29) is 0 Å². The third kappa shape index (κ3) is 2.51. The highest BCUT2D eigenvalue weighted by Gasteiger charge is 2.03. The molecule has 1 aromatic carbocycles. The molecule has 0 unspecified atom stereocenters. The fourth-order valence-electron chi connectivity index (χ4n) is 1.91. The van der Waals surface area contributed by atoms with Crippen LogP contribution in [-0.4, -0.2) is 9.55 Å². The zero-order chi connectivity index (χ0) is 11.5. The van der Waals surface area contributed by atoms with Crippen LogP contribution in [0.3, 0.4) is 0 Å². The highest BCUT2D eigenvalue weighted by atomic mass is 15.0. The quantitative estimate of drug-likeness (QED) is 0.766. The molecular formula is C14H18N2. The number of hydrogen-bond donors (Lipinski definition) is 0. The lowest BCUT2D eigenvalue weighted by atomic mass is 9.98. The molecule has 84 valence electrons. The summed E-state index contributed by atoms with van der Waals surface area (Å²) in [7, 11) is 0. The van der Waals surface area contributed by atoms with E-state index in [1.54, 1.807) is 0 Å². The smallest absolute Gasteiger partial charge is 0.0949 e. The Hall–Kier alpha value is -1.57. The van der Waals surface area contributed by atoms with Crippen LogP contribution in [0.25, 0.3) is 0 Å². The average molecular weight is 214 g/mol. The third-order valence-electron chi connectivity index (χ3n) is 2.75. The summed E-state index contributed by atoms with van der Waals surface area (Å²) in [4.78, 5) is 4.06. The van der Waals surface area contributed by atoms with Crippen molar-refractivity contribution in [2.75, 3.05) is 0 Å². The molecule has 16 heavy (non-hydrogen) atoms. The molecule has 0 aliphatic rings. The van der Waals surface area contributed by atoms with Gasteiger partial charge in [0.1, 0.15) is 0 Å². The number of imidazole rings is 1. The van der Waals surface area contributed by atoms with Gasteiger partial charge in [0, 0.05) is 18.9 Å². The first-order valence-electron chi connectivity index (χ1n) is 5.71. The maximum atomic E-state index is 4.06. The summed E-state index contributed by atoms with van der Waals surface area (Å²) in [5.74, 6) is 0.585. The Labute approximate surface area is 97.0 Å². The second-order valence-electron chi connectivity index (χ2n) is 4.64. The van der Waals surface area contributed by atoms with Crippen LogP contribution in [0.4, 0.5) is 0 Å². The van der Waals surface area contributed by atoms with Crippen LogP contribution in [0.1, 0.15) is 36.5 Å². The molecule has 0 amide bonds. The molecule has 0 N–H and O–H groups in total. The molecule has 2 rings (SSSR count). The van der Waals surface area contributed by atoms with Crippen molar-refractivity contribution >= 4 is 0 Å². The summed E-state index contributed by atoms with van der Waals surface area (Å²) in [6.07, 6.45) is 5.67. The topological polar surface area (TPSA) is 17.8 Å². The molecule has 1 heterocycles. The van der Waals surface area contributed by atoms with Gasteiger partial charge < -0.3 is 4.57 Å². The standard InChI is InChI=1S/C14H18N2/c1-11(2)14-7-12(3)6-13(8-14)9-16-5-4-15-10-16/h4-8,10-11H,9H2,1-3H3. The van der Waals surface area contributed by atoms with Crippen LogP contribution in [0.15, 0.2) is 36.9 Å². The van der Waals surface area contributed by atoms with Crippen LogP contribution in [-0.2, 0) is 6.54 Å². The van der Waals surface area contributed by atoms with Crippen LogP contribution < -0.4 is 0 Å². The molecule has 2 aromatic rings. The first-order chi connectivity index (χ1) is 7.65. The SMILES string of the molecule is Cc1cc(Cn2ccnc2)cc(C(C)C)c1. The Morgan fingerprint density at radius 1 is 1.25 bits per heavy atom. The second kappa shape index (κ2) is 4.52. The van der Waals surface area contributed by atoms with Gasteiger partial charge in [-0.3, -0.25) is 0 Å². The van der Waals surface area contributed by atoms with Crippen molar-refractivity contribution in [1.82, 2.24) is 9.55 Å². The van der Waals surface area contributed by atoms with E-state index >= 15 is 0 Å². The first-order valence-corrected chi connectivity index (χ1v) is 5.71. The number of hydrogen-bond acceptors (Lipinski definition) is 1. The minimum Gasteiger partial charge on any atom is -0.333 e. The minimum atomic E-state index is 0.585. The first kappa shape index (κ1) is 10.9. The molecule has 0 aliphatic heterocycles.